The Morgan fingerprint density at radius 1 is 1.30 bits per heavy atom. The summed E-state index contributed by atoms with van der Waals surface area (Å²) in [6.45, 7) is 9.98. The Kier molecular flexibility index (Phi) is 3.89. The molecule has 1 aliphatic rings. The maximum absolute atomic E-state index is 11.3. The van der Waals surface area contributed by atoms with E-state index in [-0.39, 0.29) is 16.9 Å². The van der Waals surface area contributed by atoms with Crippen molar-refractivity contribution >= 4 is 11.5 Å². The summed E-state index contributed by atoms with van der Waals surface area (Å²) in [7, 11) is 0. The van der Waals surface area contributed by atoms with Crippen LogP contribution in [-0.2, 0) is 0 Å². The van der Waals surface area contributed by atoms with E-state index >= 15 is 0 Å². The molecular formula is C17H23NO2. The summed E-state index contributed by atoms with van der Waals surface area (Å²) in [5.41, 5.74) is 3.07. The van der Waals surface area contributed by atoms with Crippen molar-refractivity contribution in [1.29, 1.82) is 0 Å². The monoisotopic (exact) mass is 273 g/mol. The van der Waals surface area contributed by atoms with Gasteiger partial charge in [-0.1, -0.05) is 32.4 Å². The van der Waals surface area contributed by atoms with E-state index in [1.54, 1.807) is 12.1 Å². The van der Waals surface area contributed by atoms with E-state index in [2.05, 4.69) is 31.7 Å². The van der Waals surface area contributed by atoms with Crippen molar-refractivity contribution in [1.82, 2.24) is 0 Å². The van der Waals surface area contributed by atoms with Crippen LogP contribution in [0.1, 0.15) is 44.5 Å². The smallest absolute Gasteiger partial charge is 0.163 e. The first-order valence-electron chi connectivity index (χ1n) is 7.07. The van der Waals surface area contributed by atoms with Gasteiger partial charge >= 0.3 is 0 Å². The van der Waals surface area contributed by atoms with Crippen LogP contribution in [-0.4, -0.2) is 24.0 Å². The second-order valence-corrected chi connectivity index (χ2v) is 6.43. The second kappa shape index (κ2) is 5.31. The number of aromatic hydroxyl groups is 1. The van der Waals surface area contributed by atoms with Crippen LogP contribution >= 0.6 is 0 Å². The lowest BCUT2D eigenvalue weighted by atomic mass is 9.83. The fourth-order valence-electron chi connectivity index (χ4n) is 2.60. The highest BCUT2D eigenvalue weighted by Crippen LogP contribution is 2.32. The van der Waals surface area contributed by atoms with E-state index in [0.717, 1.165) is 25.2 Å². The third kappa shape index (κ3) is 3.03. The molecule has 0 saturated heterocycles. The zero-order valence-corrected chi connectivity index (χ0v) is 12.7. The molecule has 20 heavy (non-hydrogen) atoms. The van der Waals surface area contributed by atoms with Crippen LogP contribution in [0, 0.1) is 5.41 Å². The molecular weight excluding hydrogens is 250 g/mol. The van der Waals surface area contributed by atoms with Gasteiger partial charge in [0, 0.05) is 24.8 Å². The highest BCUT2D eigenvalue weighted by atomic mass is 16.3. The van der Waals surface area contributed by atoms with E-state index in [1.807, 2.05) is 6.07 Å². The molecule has 0 saturated carbocycles. The summed E-state index contributed by atoms with van der Waals surface area (Å²) in [6.07, 6.45) is 3.32. The minimum atomic E-state index is -0.109. The van der Waals surface area contributed by atoms with Crippen molar-refractivity contribution in [2.75, 3.05) is 18.0 Å². The molecule has 0 spiro atoms. The minimum Gasteiger partial charge on any atom is -0.507 e. The Bertz CT molecular complexity index is 553. The number of phenolic OH excluding ortho intramolecular Hbond substituents is 1. The van der Waals surface area contributed by atoms with Crippen molar-refractivity contribution in [2.24, 2.45) is 5.41 Å². The maximum Gasteiger partial charge on any atom is 0.163 e. The molecule has 1 aliphatic heterocycles. The maximum atomic E-state index is 11.3. The molecule has 1 aromatic carbocycles. The van der Waals surface area contributed by atoms with Crippen LogP contribution in [0.25, 0.3) is 0 Å². The van der Waals surface area contributed by atoms with E-state index in [9.17, 15) is 9.90 Å². The SMILES string of the molecule is CC(=O)c1ccc(N2CC=C(C(C)(C)C)CC2)cc1O. The summed E-state index contributed by atoms with van der Waals surface area (Å²) >= 11 is 0. The highest BCUT2D eigenvalue weighted by Gasteiger charge is 2.21. The Hall–Kier alpha value is -1.77. The fourth-order valence-corrected chi connectivity index (χ4v) is 2.60. The number of Topliss-reactive ketones (excluding diaryl/α,β-unsaturated/α-hetero) is 1. The van der Waals surface area contributed by atoms with Crippen molar-refractivity contribution < 1.29 is 9.90 Å². The summed E-state index contributed by atoms with van der Waals surface area (Å²) in [6, 6.07) is 5.30. The van der Waals surface area contributed by atoms with E-state index in [1.165, 1.54) is 12.5 Å². The molecule has 3 nitrogen and oxygen atoms in total. The number of benzene rings is 1. The van der Waals surface area contributed by atoms with Crippen molar-refractivity contribution in [3.63, 3.8) is 0 Å². The third-order valence-corrected chi connectivity index (χ3v) is 3.90. The summed E-state index contributed by atoms with van der Waals surface area (Å²) in [4.78, 5) is 13.5. The van der Waals surface area contributed by atoms with Gasteiger partial charge in [0.2, 0.25) is 0 Å². The number of carbonyl (C=O) groups is 1. The molecule has 108 valence electrons. The van der Waals surface area contributed by atoms with Crippen LogP contribution < -0.4 is 4.90 Å². The average Bonchev–Trinajstić information content (AvgIpc) is 2.37. The molecule has 1 heterocycles. The largest absolute Gasteiger partial charge is 0.507 e. The van der Waals surface area contributed by atoms with Gasteiger partial charge in [0.05, 0.1) is 5.56 Å². The molecule has 1 aromatic rings. The molecule has 0 radical (unpaired) electrons. The number of nitrogens with zero attached hydrogens (tertiary/aromatic N) is 1. The first-order valence-corrected chi connectivity index (χ1v) is 7.07. The molecule has 0 unspecified atom stereocenters. The summed E-state index contributed by atoms with van der Waals surface area (Å²) in [5.74, 6) is -0.0387. The second-order valence-electron chi connectivity index (χ2n) is 6.43. The van der Waals surface area contributed by atoms with Crippen LogP contribution in [0.5, 0.6) is 5.75 Å². The van der Waals surface area contributed by atoms with Crippen molar-refractivity contribution in [3.05, 3.63) is 35.4 Å². The fraction of sp³-hybridized carbons (Fsp3) is 0.471. The zero-order valence-electron chi connectivity index (χ0n) is 12.7. The molecule has 0 fully saturated rings. The molecule has 2 rings (SSSR count). The van der Waals surface area contributed by atoms with Crippen LogP contribution in [0.3, 0.4) is 0 Å². The lowest BCUT2D eigenvalue weighted by Gasteiger charge is -2.33. The normalized spacial score (nSPS) is 16.0. The molecule has 3 heteroatoms. The average molecular weight is 273 g/mol. The van der Waals surface area contributed by atoms with Gasteiger partial charge in [-0.3, -0.25) is 4.79 Å². The Morgan fingerprint density at radius 2 is 2.00 bits per heavy atom. The molecule has 1 N–H and O–H groups in total. The van der Waals surface area contributed by atoms with Gasteiger partial charge in [0.15, 0.2) is 5.78 Å². The van der Waals surface area contributed by atoms with Crippen molar-refractivity contribution in [3.8, 4) is 5.75 Å². The molecule has 0 bridgehead atoms. The first kappa shape index (κ1) is 14.6. The quantitative estimate of drug-likeness (QED) is 0.658. The standard InChI is InChI=1S/C17H23NO2/c1-12(19)15-6-5-14(11-16(15)20)18-9-7-13(8-10-18)17(2,3)4/h5-7,11,20H,8-10H2,1-4H3. The van der Waals surface area contributed by atoms with Crippen LogP contribution in [0.2, 0.25) is 0 Å². The Labute approximate surface area is 120 Å². The molecule has 0 atom stereocenters. The predicted octanol–water partition coefficient (Wildman–Crippen LogP) is 3.78. The number of hydrogen-bond acceptors (Lipinski definition) is 3. The van der Waals surface area contributed by atoms with Gasteiger partial charge in [-0.25, -0.2) is 0 Å². The Balaban J connectivity index is 2.17. The lowest BCUT2D eigenvalue weighted by molar-refractivity contribution is 0.101. The number of anilines is 1. The Morgan fingerprint density at radius 3 is 2.45 bits per heavy atom. The number of rotatable bonds is 2. The summed E-state index contributed by atoms with van der Waals surface area (Å²) in [5, 5.41) is 9.91. The zero-order chi connectivity index (χ0) is 14.9. The van der Waals surface area contributed by atoms with E-state index < -0.39 is 0 Å². The summed E-state index contributed by atoms with van der Waals surface area (Å²) < 4.78 is 0. The van der Waals surface area contributed by atoms with Gasteiger partial charge in [0.25, 0.3) is 0 Å². The first-order chi connectivity index (χ1) is 9.29. The van der Waals surface area contributed by atoms with Gasteiger partial charge in [-0.05, 0) is 30.9 Å². The topological polar surface area (TPSA) is 40.5 Å². The highest BCUT2D eigenvalue weighted by molar-refractivity contribution is 5.97. The van der Waals surface area contributed by atoms with Crippen LogP contribution in [0.4, 0.5) is 5.69 Å². The number of ketones is 1. The number of hydrogen-bond donors (Lipinski definition) is 1. The minimum absolute atomic E-state index is 0.0700. The molecule has 0 amide bonds. The number of phenols is 1. The van der Waals surface area contributed by atoms with Gasteiger partial charge in [0.1, 0.15) is 5.75 Å². The molecule has 0 aromatic heterocycles. The van der Waals surface area contributed by atoms with Gasteiger partial charge < -0.3 is 10.0 Å². The van der Waals surface area contributed by atoms with E-state index in [4.69, 9.17) is 0 Å². The van der Waals surface area contributed by atoms with Crippen molar-refractivity contribution in [2.45, 2.75) is 34.1 Å². The predicted molar refractivity (Wildman–Crippen MR) is 82.5 cm³/mol. The van der Waals surface area contributed by atoms with Crippen LogP contribution in [0.15, 0.2) is 29.8 Å². The molecule has 0 aliphatic carbocycles. The number of carbonyl (C=O) groups excluding carboxylic acids is 1. The lowest BCUT2D eigenvalue weighted by Crippen LogP contribution is -2.31. The van der Waals surface area contributed by atoms with E-state index in [0.29, 0.717) is 5.56 Å². The van der Waals surface area contributed by atoms with Gasteiger partial charge in [-0.15, -0.1) is 0 Å². The third-order valence-electron chi connectivity index (χ3n) is 3.90. The van der Waals surface area contributed by atoms with Gasteiger partial charge in [-0.2, -0.15) is 0 Å².